The number of rotatable bonds is 7. The molecule has 1 aromatic carbocycles. The molecule has 0 aliphatic carbocycles. The molecule has 1 aromatic rings. The molecule has 0 aromatic heterocycles. The Morgan fingerprint density at radius 2 is 1.87 bits per heavy atom. The molecule has 5 heteroatoms. The van der Waals surface area contributed by atoms with Crippen LogP contribution in [0.25, 0.3) is 0 Å². The van der Waals surface area contributed by atoms with Crippen LogP contribution in [0.4, 0.5) is 0 Å². The summed E-state index contributed by atoms with van der Waals surface area (Å²) < 4.78 is 5.28. The molecule has 0 atom stereocenters. The van der Waals surface area contributed by atoms with Crippen LogP contribution in [0.5, 0.6) is 5.75 Å². The van der Waals surface area contributed by atoms with Gasteiger partial charge in [0, 0.05) is 22.7 Å². The number of carbonyl (C=O) groups excluding carboxylic acids is 1. The quantitative estimate of drug-likeness (QED) is 0.794. The lowest BCUT2D eigenvalue weighted by Crippen LogP contribution is -2.47. The summed E-state index contributed by atoms with van der Waals surface area (Å²) in [6.45, 7) is 11.5. The largest absolute Gasteiger partial charge is 0.496 e. The molecule has 1 amide bonds. The Balaban J connectivity index is 2.51. The summed E-state index contributed by atoms with van der Waals surface area (Å²) in [5.74, 6) is 0.671. The first-order valence-electron chi connectivity index (χ1n) is 7.86. The van der Waals surface area contributed by atoms with Crippen LogP contribution < -0.4 is 15.4 Å². The van der Waals surface area contributed by atoms with Gasteiger partial charge >= 0.3 is 0 Å². The monoisotopic (exact) mass is 340 g/mol. The van der Waals surface area contributed by atoms with Crippen LogP contribution in [-0.4, -0.2) is 25.1 Å². The lowest BCUT2D eigenvalue weighted by molar-refractivity contribution is -0.120. The summed E-state index contributed by atoms with van der Waals surface area (Å²) in [6.07, 6.45) is 0.982. The second kappa shape index (κ2) is 8.02. The van der Waals surface area contributed by atoms with E-state index in [-0.39, 0.29) is 23.4 Å². The lowest BCUT2D eigenvalue weighted by Gasteiger charge is -2.33. The maximum atomic E-state index is 12.1. The normalized spacial score (nSPS) is 12.1. The van der Waals surface area contributed by atoms with Crippen molar-refractivity contribution in [3.8, 4) is 5.75 Å². The molecule has 0 fully saturated rings. The molecule has 0 heterocycles. The van der Waals surface area contributed by atoms with E-state index in [4.69, 9.17) is 16.3 Å². The third-order valence-electron chi connectivity index (χ3n) is 3.42. The van der Waals surface area contributed by atoms with Crippen molar-refractivity contribution in [2.45, 2.75) is 53.1 Å². The number of amides is 1. The highest BCUT2D eigenvalue weighted by Gasteiger charge is 2.25. The van der Waals surface area contributed by atoms with Gasteiger partial charge in [-0.05, 0) is 43.9 Å². The topological polar surface area (TPSA) is 50.4 Å². The molecular weight excluding hydrogens is 312 g/mol. The Morgan fingerprint density at radius 1 is 1.22 bits per heavy atom. The van der Waals surface area contributed by atoms with Gasteiger partial charge in [0.1, 0.15) is 5.75 Å². The van der Waals surface area contributed by atoms with Crippen molar-refractivity contribution in [2.75, 3.05) is 13.7 Å². The molecule has 0 unspecified atom stereocenters. The van der Waals surface area contributed by atoms with Crippen molar-refractivity contribution in [3.63, 3.8) is 0 Å². The fourth-order valence-electron chi connectivity index (χ4n) is 2.85. The average molecular weight is 341 g/mol. The van der Waals surface area contributed by atoms with E-state index in [1.165, 1.54) is 0 Å². The summed E-state index contributed by atoms with van der Waals surface area (Å²) in [5, 5.41) is 6.84. The van der Waals surface area contributed by atoms with Gasteiger partial charge in [0.2, 0.25) is 5.91 Å². The minimum atomic E-state index is -0.0939. The van der Waals surface area contributed by atoms with E-state index < -0.39 is 0 Å². The summed E-state index contributed by atoms with van der Waals surface area (Å²) in [6, 6.07) is 5.37. The summed E-state index contributed by atoms with van der Waals surface area (Å²) in [4.78, 5) is 12.1. The highest BCUT2D eigenvalue weighted by Crippen LogP contribution is 2.26. The number of halogens is 1. The van der Waals surface area contributed by atoms with Crippen molar-refractivity contribution < 1.29 is 9.53 Å². The molecule has 0 aliphatic rings. The molecule has 23 heavy (non-hydrogen) atoms. The number of nitrogens with one attached hydrogen (secondary N) is 2. The van der Waals surface area contributed by atoms with Gasteiger partial charge in [-0.1, -0.05) is 32.4 Å². The lowest BCUT2D eigenvalue weighted by atomic mass is 9.82. The van der Waals surface area contributed by atoms with Crippen molar-refractivity contribution in [2.24, 2.45) is 5.41 Å². The van der Waals surface area contributed by atoms with Crippen LogP contribution in [0.1, 0.15) is 46.6 Å². The Hall–Kier alpha value is -1.26. The van der Waals surface area contributed by atoms with E-state index in [1.54, 1.807) is 25.3 Å². The third-order valence-corrected chi connectivity index (χ3v) is 3.65. The molecule has 4 nitrogen and oxygen atoms in total. The number of ether oxygens (including phenoxy) is 1. The van der Waals surface area contributed by atoms with E-state index in [2.05, 4.69) is 45.3 Å². The predicted octanol–water partition coefficient (Wildman–Crippen LogP) is 3.77. The molecule has 2 N–H and O–H groups in total. The fourth-order valence-corrected chi connectivity index (χ4v) is 3.04. The number of benzene rings is 1. The first-order chi connectivity index (χ1) is 10.5. The maximum absolute atomic E-state index is 12.1. The van der Waals surface area contributed by atoms with E-state index >= 15 is 0 Å². The van der Waals surface area contributed by atoms with E-state index in [9.17, 15) is 4.79 Å². The zero-order chi connectivity index (χ0) is 17.7. The summed E-state index contributed by atoms with van der Waals surface area (Å²) in [7, 11) is 1.60. The van der Waals surface area contributed by atoms with Gasteiger partial charge in [0.05, 0.1) is 13.7 Å². The van der Waals surface area contributed by atoms with E-state index in [0.29, 0.717) is 11.6 Å². The first-order valence-corrected chi connectivity index (χ1v) is 8.24. The highest BCUT2D eigenvalue weighted by atomic mass is 35.5. The third kappa shape index (κ3) is 7.71. The van der Waals surface area contributed by atoms with Crippen molar-refractivity contribution in [3.05, 3.63) is 28.8 Å². The predicted molar refractivity (Wildman–Crippen MR) is 96.0 cm³/mol. The van der Waals surface area contributed by atoms with Crippen LogP contribution in [0.2, 0.25) is 5.02 Å². The van der Waals surface area contributed by atoms with Gasteiger partial charge < -0.3 is 15.4 Å². The molecule has 130 valence electrons. The molecule has 0 saturated heterocycles. The van der Waals surface area contributed by atoms with Crippen LogP contribution in [-0.2, 0) is 11.3 Å². The van der Waals surface area contributed by atoms with Crippen molar-refractivity contribution in [1.29, 1.82) is 0 Å². The molecular formula is C18H29ClN2O2. The Bertz CT molecular complexity index is 536. The van der Waals surface area contributed by atoms with Crippen molar-refractivity contribution in [1.82, 2.24) is 10.6 Å². The van der Waals surface area contributed by atoms with Gasteiger partial charge in [0.25, 0.3) is 0 Å². The SMILES string of the molecule is COc1ccc(Cl)cc1CNC(=O)CNC(C)(C)CC(C)(C)C. The van der Waals surface area contributed by atoms with Gasteiger partial charge in [0.15, 0.2) is 0 Å². The van der Waals surface area contributed by atoms with Crippen LogP contribution in [0.15, 0.2) is 18.2 Å². The van der Waals surface area contributed by atoms with Gasteiger partial charge in [-0.25, -0.2) is 0 Å². The minimum Gasteiger partial charge on any atom is -0.496 e. The number of carbonyl (C=O) groups is 1. The van der Waals surface area contributed by atoms with E-state index in [1.807, 2.05) is 0 Å². The van der Waals surface area contributed by atoms with Gasteiger partial charge in [-0.3, -0.25) is 4.79 Å². The Morgan fingerprint density at radius 3 is 2.43 bits per heavy atom. The van der Waals surface area contributed by atoms with Crippen molar-refractivity contribution >= 4 is 17.5 Å². The maximum Gasteiger partial charge on any atom is 0.234 e. The number of hydrogen-bond donors (Lipinski definition) is 2. The van der Waals surface area contributed by atoms with Gasteiger partial charge in [-0.15, -0.1) is 0 Å². The Kier molecular flexibility index (Phi) is 6.90. The highest BCUT2D eigenvalue weighted by molar-refractivity contribution is 6.30. The van der Waals surface area contributed by atoms with Crippen LogP contribution in [0.3, 0.4) is 0 Å². The second-order valence-corrected chi connectivity index (χ2v) is 8.14. The molecule has 0 bridgehead atoms. The molecule has 0 aliphatic heterocycles. The standard InChI is InChI=1S/C18H29ClN2O2/c1-17(2,3)12-18(4,5)21-11-16(22)20-10-13-9-14(19)7-8-15(13)23-6/h7-9,21H,10-12H2,1-6H3,(H,20,22). The zero-order valence-corrected chi connectivity index (χ0v) is 15.8. The van der Waals surface area contributed by atoms with E-state index in [0.717, 1.165) is 17.7 Å². The van der Waals surface area contributed by atoms with Crippen LogP contribution >= 0.6 is 11.6 Å². The molecule has 0 radical (unpaired) electrons. The molecule has 0 saturated carbocycles. The zero-order valence-electron chi connectivity index (χ0n) is 15.0. The second-order valence-electron chi connectivity index (χ2n) is 7.71. The Labute approximate surface area is 144 Å². The fraction of sp³-hybridized carbons (Fsp3) is 0.611. The smallest absolute Gasteiger partial charge is 0.234 e. The number of hydrogen-bond acceptors (Lipinski definition) is 3. The minimum absolute atomic E-state index is 0.0472. The number of methoxy groups -OCH3 is 1. The molecule has 0 spiro atoms. The summed E-state index contributed by atoms with van der Waals surface area (Å²) >= 11 is 5.99. The average Bonchev–Trinajstić information content (AvgIpc) is 2.40. The molecule has 1 rings (SSSR count). The van der Waals surface area contributed by atoms with Gasteiger partial charge in [-0.2, -0.15) is 0 Å². The first kappa shape index (κ1) is 19.8. The summed E-state index contributed by atoms with van der Waals surface area (Å²) in [5.41, 5.74) is 0.979. The van der Waals surface area contributed by atoms with Crippen LogP contribution in [0, 0.1) is 5.41 Å².